The minimum Gasteiger partial charge on any atom is -0.343 e. The number of likely N-dealkylation sites (tertiary alicyclic amines) is 2. The summed E-state index contributed by atoms with van der Waals surface area (Å²) in [5.74, 6) is 0.974. The number of nitrogens with zero attached hydrogens (tertiary/aromatic N) is 6. The lowest BCUT2D eigenvalue weighted by molar-refractivity contribution is -0.130. The first-order chi connectivity index (χ1) is 14.5. The van der Waals surface area contributed by atoms with Crippen molar-refractivity contribution >= 4 is 16.8 Å². The van der Waals surface area contributed by atoms with Gasteiger partial charge in [-0.05, 0) is 36.6 Å². The standard InChI is InChI=1S/C21H25FN6O2/c1-3-18-17-5-4-15(22)10-19(17)28(24-18)21-23-20(30-25-21)14-11-27(12-14)16-6-8-26(9-7-16)13(2)29/h4-5,10,14,16H,3,6-9,11-12H2,1-2H3. The van der Waals surface area contributed by atoms with Gasteiger partial charge in [-0.2, -0.15) is 14.8 Å². The molecule has 2 fully saturated rings. The molecule has 1 aromatic carbocycles. The Balaban J connectivity index is 1.28. The van der Waals surface area contributed by atoms with Gasteiger partial charge in [-0.1, -0.05) is 6.92 Å². The molecule has 5 rings (SSSR count). The molecule has 0 aliphatic carbocycles. The second-order valence-electron chi connectivity index (χ2n) is 8.19. The number of hydrogen-bond donors (Lipinski definition) is 0. The number of carbonyl (C=O) groups is 1. The zero-order valence-electron chi connectivity index (χ0n) is 17.2. The molecule has 2 aliphatic rings. The van der Waals surface area contributed by atoms with E-state index in [2.05, 4.69) is 20.1 Å². The van der Waals surface area contributed by atoms with Crippen LogP contribution in [0.1, 0.15) is 44.2 Å². The van der Waals surface area contributed by atoms with Gasteiger partial charge in [0.05, 0.1) is 17.1 Å². The van der Waals surface area contributed by atoms with Gasteiger partial charge in [0.1, 0.15) is 5.82 Å². The van der Waals surface area contributed by atoms with E-state index >= 15 is 0 Å². The predicted octanol–water partition coefficient (Wildman–Crippen LogP) is 2.52. The van der Waals surface area contributed by atoms with Crippen LogP contribution in [0.3, 0.4) is 0 Å². The van der Waals surface area contributed by atoms with Gasteiger partial charge in [0, 0.05) is 50.6 Å². The highest BCUT2D eigenvalue weighted by Crippen LogP contribution is 2.31. The lowest BCUT2D eigenvalue weighted by atomic mass is 9.93. The number of amides is 1. The Morgan fingerprint density at radius 3 is 2.73 bits per heavy atom. The second kappa shape index (κ2) is 7.46. The minimum absolute atomic E-state index is 0.158. The monoisotopic (exact) mass is 412 g/mol. The maximum Gasteiger partial charge on any atom is 0.291 e. The molecule has 30 heavy (non-hydrogen) atoms. The van der Waals surface area contributed by atoms with E-state index in [1.165, 1.54) is 12.1 Å². The van der Waals surface area contributed by atoms with E-state index in [0.29, 0.717) is 23.4 Å². The molecule has 2 aromatic heterocycles. The van der Waals surface area contributed by atoms with Crippen molar-refractivity contribution in [3.05, 3.63) is 35.6 Å². The first kappa shape index (κ1) is 19.2. The summed E-state index contributed by atoms with van der Waals surface area (Å²) in [6.07, 6.45) is 2.75. The van der Waals surface area contributed by atoms with E-state index in [0.717, 1.165) is 56.5 Å². The van der Waals surface area contributed by atoms with Crippen LogP contribution < -0.4 is 0 Å². The smallest absolute Gasteiger partial charge is 0.291 e. The zero-order valence-corrected chi connectivity index (χ0v) is 17.2. The lowest BCUT2D eigenvalue weighted by Crippen LogP contribution is -2.54. The quantitative estimate of drug-likeness (QED) is 0.655. The first-order valence-electron chi connectivity index (χ1n) is 10.5. The second-order valence-corrected chi connectivity index (χ2v) is 8.19. The molecule has 4 heterocycles. The van der Waals surface area contributed by atoms with E-state index in [1.54, 1.807) is 17.7 Å². The van der Waals surface area contributed by atoms with Crippen LogP contribution in [0.5, 0.6) is 0 Å². The SMILES string of the molecule is CCc1nn(-c2noc(C3CN(C4CCN(C(C)=O)CC4)C3)n2)c2cc(F)ccc12. The van der Waals surface area contributed by atoms with Crippen LogP contribution in [0.25, 0.3) is 16.9 Å². The molecule has 0 radical (unpaired) electrons. The predicted molar refractivity (Wildman–Crippen MR) is 108 cm³/mol. The molecule has 1 amide bonds. The summed E-state index contributed by atoms with van der Waals surface area (Å²) in [4.78, 5) is 20.4. The van der Waals surface area contributed by atoms with Crippen molar-refractivity contribution in [2.75, 3.05) is 26.2 Å². The average molecular weight is 412 g/mol. The number of carbonyl (C=O) groups excluding carboxylic acids is 1. The van der Waals surface area contributed by atoms with Gasteiger partial charge >= 0.3 is 0 Å². The molecular weight excluding hydrogens is 387 g/mol. The normalized spacial score (nSPS) is 18.8. The van der Waals surface area contributed by atoms with Crippen molar-refractivity contribution in [2.24, 2.45) is 0 Å². The molecule has 0 unspecified atom stereocenters. The van der Waals surface area contributed by atoms with Gasteiger partial charge in [0.15, 0.2) is 0 Å². The first-order valence-corrected chi connectivity index (χ1v) is 10.5. The van der Waals surface area contributed by atoms with Gasteiger partial charge in [-0.15, -0.1) is 0 Å². The van der Waals surface area contributed by atoms with E-state index in [-0.39, 0.29) is 17.6 Å². The number of halogens is 1. The Morgan fingerprint density at radius 1 is 1.27 bits per heavy atom. The Bertz CT molecular complexity index is 1080. The van der Waals surface area contributed by atoms with Crippen LogP contribution in [0.2, 0.25) is 0 Å². The van der Waals surface area contributed by atoms with Gasteiger partial charge in [0.2, 0.25) is 11.8 Å². The summed E-state index contributed by atoms with van der Waals surface area (Å²) < 4.78 is 20.9. The number of benzene rings is 1. The van der Waals surface area contributed by atoms with Crippen molar-refractivity contribution < 1.29 is 13.7 Å². The van der Waals surface area contributed by atoms with Crippen molar-refractivity contribution in [3.8, 4) is 5.95 Å². The van der Waals surface area contributed by atoms with E-state index in [1.807, 2.05) is 11.8 Å². The molecule has 8 nitrogen and oxygen atoms in total. The number of aryl methyl sites for hydroxylation is 1. The Hall–Kier alpha value is -2.81. The van der Waals surface area contributed by atoms with Crippen molar-refractivity contribution in [1.82, 2.24) is 29.7 Å². The van der Waals surface area contributed by atoms with Crippen LogP contribution in [0, 0.1) is 5.82 Å². The summed E-state index contributed by atoms with van der Waals surface area (Å²) in [5, 5.41) is 9.58. The Kier molecular flexibility index (Phi) is 4.77. The summed E-state index contributed by atoms with van der Waals surface area (Å²) in [5.41, 5.74) is 1.52. The Morgan fingerprint density at radius 2 is 2.03 bits per heavy atom. The molecule has 0 saturated carbocycles. The van der Waals surface area contributed by atoms with E-state index in [9.17, 15) is 9.18 Å². The lowest BCUT2D eigenvalue weighted by Gasteiger charge is -2.45. The third kappa shape index (κ3) is 3.27. The summed E-state index contributed by atoms with van der Waals surface area (Å²) in [6, 6.07) is 5.15. The molecule has 2 saturated heterocycles. The van der Waals surface area contributed by atoms with Gasteiger partial charge in [0.25, 0.3) is 5.95 Å². The van der Waals surface area contributed by atoms with Crippen molar-refractivity contribution in [3.63, 3.8) is 0 Å². The number of hydrogen-bond acceptors (Lipinski definition) is 6. The van der Waals surface area contributed by atoms with Gasteiger partial charge < -0.3 is 9.42 Å². The van der Waals surface area contributed by atoms with Crippen LogP contribution in [0.15, 0.2) is 22.7 Å². The highest BCUT2D eigenvalue weighted by Gasteiger charge is 2.38. The fourth-order valence-corrected chi connectivity index (χ4v) is 4.56. The minimum atomic E-state index is -0.319. The largest absolute Gasteiger partial charge is 0.343 e. The summed E-state index contributed by atoms with van der Waals surface area (Å²) in [7, 11) is 0. The highest BCUT2D eigenvalue weighted by atomic mass is 19.1. The number of fused-ring (bicyclic) bond motifs is 1. The third-order valence-electron chi connectivity index (χ3n) is 6.36. The average Bonchev–Trinajstić information content (AvgIpc) is 3.31. The molecule has 0 bridgehead atoms. The Labute approximate surface area is 173 Å². The van der Waals surface area contributed by atoms with Crippen LogP contribution in [-0.2, 0) is 11.2 Å². The zero-order chi connectivity index (χ0) is 20.8. The molecule has 2 aliphatic heterocycles. The topological polar surface area (TPSA) is 80.3 Å². The van der Waals surface area contributed by atoms with E-state index in [4.69, 9.17) is 4.52 Å². The van der Waals surface area contributed by atoms with Crippen molar-refractivity contribution in [2.45, 2.75) is 45.1 Å². The maximum absolute atomic E-state index is 13.8. The molecule has 0 N–H and O–H groups in total. The number of aromatic nitrogens is 4. The molecule has 3 aromatic rings. The molecule has 158 valence electrons. The van der Waals surface area contributed by atoms with Crippen molar-refractivity contribution in [1.29, 1.82) is 0 Å². The third-order valence-corrected chi connectivity index (χ3v) is 6.36. The summed E-state index contributed by atoms with van der Waals surface area (Å²) >= 11 is 0. The number of rotatable bonds is 4. The number of piperidine rings is 1. The molecular formula is C21H25FN6O2. The van der Waals surface area contributed by atoms with Crippen LogP contribution in [0.4, 0.5) is 4.39 Å². The molecule has 0 spiro atoms. The fraction of sp³-hybridized carbons (Fsp3) is 0.524. The highest BCUT2D eigenvalue weighted by molar-refractivity contribution is 5.83. The molecule has 9 heteroatoms. The summed E-state index contributed by atoms with van der Waals surface area (Å²) in [6.45, 7) is 7.06. The molecule has 0 atom stereocenters. The van der Waals surface area contributed by atoms with Crippen LogP contribution in [-0.4, -0.2) is 67.8 Å². The van der Waals surface area contributed by atoms with Gasteiger partial charge in [-0.25, -0.2) is 4.39 Å². The van der Waals surface area contributed by atoms with E-state index < -0.39 is 0 Å². The van der Waals surface area contributed by atoms with Gasteiger partial charge in [-0.3, -0.25) is 9.69 Å². The maximum atomic E-state index is 13.8. The fourth-order valence-electron chi connectivity index (χ4n) is 4.56. The van der Waals surface area contributed by atoms with Crippen LogP contribution >= 0.6 is 0 Å².